The summed E-state index contributed by atoms with van der Waals surface area (Å²) in [5.74, 6) is -0.465. The number of rotatable bonds is 8. The Balaban J connectivity index is 1.40. The fourth-order valence-corrected chi connectivity index (χ4v) is 2.84. The number of nitrogens with zero attached hydrogens (tertiary/aromatic N) is 3. The molecule has 28 heavy (non-hydrogen) atoms. The van der Waals surface area contributed by atoms with Crippen LogP contribution >= 0.6 is 11.3 Å². The summed E-state index contributed by atoms with van der Waals surface area (Å²) < 4.78 is 18.2. The molecule has 0 fully saturated rings. The van der Waals surface area contributed by atoms with Crippen LogP contribution in [0, 0.1) is 5.82 Å². The molecule has 10 heteroatoms. The van der Waals surface area contributed by atoms with E-state index in [1.54, 1.807) is 11.4 Å². The lowest BCUT2D eigenvalue weighted by molar-refractivity contribution is -0.120. The molecule has 1 aromatic carbocycles. The first-order chi connectivity index (χ1) is 13.6. The number of anilines is 1. The Morgan fingerprint density at radius 2 is 1.89 bits per heavy atom. The van der Waals surface area contributed by atoms with Crippen molar-refractivity contribution in [2.75, 3.05) is 18.5 Å². The third-order valence-electron chi connectivity index (χ3n) is 3.39. The van der Waals surface area contributed by atoms with E-state index in [9.17, 15) is 14.0 Å². The van der Waals surface area contributed by atoms with Crippen molar-refractivity contribution in [1.29, 1.82) is 0 Å². The Hall–Kier alpha value is -3.40. The molecule has 0 spiro atoms. The molecule has 2 N–H and O–H groups in total. The maximum absolute atomic E-state index is 12.8. The average molecular weight is 401 g/mol. The van der Waals surface area contributed by atoms with Crippen molar-refractivity contribution in [3.8, 4) is 5.75 Å². The van der Waals surface area contributed by atoms with E-state index in [4.69, 9.17) is 4.74 Å². The number of ether oxygens (including phenoxy) is 1. The van der Waals surface area contributed by atoms with Gasteiger partial charge in [-0.25, -0.2) is 19.3 Å². The monoisotopic (exact) mass is 401 g/mol. The fraction of sp³-hybridized carbons (Fsp3) is 0.167. The second-order valence-corrected chi connectivity index (χ2v) is 6.36. The van der Waals surface area contributed by atoms with E-state index in [0.29, 0.717) is 23.1 Å². The van der Waals surface area contributed by atoms with Crippen molar-refractivity contribution in [2.24, 2.45) is 0 Å². The van der Waals surface area contributed by atoms with Gasteiger partial charge in [0.15, 0.2) is 5.13 Å². The quantitative estimate of drug-likeness (QED) is 0.560. The first-order valence-corrected chi connectivity index (χ1v) is 9.16. The van der Waals surface area contributed by atoms with E-state index in [0.717, 1.165) is 0 Å². The lowest BCUT2D eigenvalue weighted by atomic mass is 10.3. The van der Waals surface area contributed by atoms with Crippen LogP contribution < -0.4 is 15.4 Å². The molecule has 0 saturated heterocycles. The number of amides is 2. The number of nitrogens with one attached hydrogen (secondary N) is 2. The molecule has 0 aliphatic carbocycles. The van der Waals surface area contributed by atoms with Gasteiger partial charge in [-0.1, -0.05) is 0 Å². The minimum absolute atomic E-state index is 0.0400. The van der Waals surface area contributed by atoms with Crippen molar-refractivity contribution >= 4 is 28.3 Å². The number of aromatic nitrogens is 3. The summed E-state index contributed by atoms with van der Waals surface area (Å²) >= 11 is 1.21. The Bertz CT molecular complexity index is 934. The van der Waals surface area contributed by atoms with Gasteiger partial charge in [0.1, 0.15) is 18.2 Å². The SMILES string of the molecule is O=C(Cc1csc(NC(=O)c2ncccn2)n1)NCCOc1ccc(F)cc1. The van der Waals surface area contributed by atoms with Crippen LogP contribution in [0.4, 0.5) is 9.52 Å². The third kappa shape index (κ3) is 5.81. The molecule has 2 aromatic heterocycles. The molecular formula is C18H16FN5O3S. The molecule has 0 bridgehead atoms. The zero-order valence-corrected chi connectivity index (χ0v) is 15.4. The predicted molar refractivity (Wildman–Crippen MR) is 101 cm³/mol. The van der Waals surface area contributed by atoms with Crippen LogP contribution in [-0.4, -0.2) is 39.9 Å². The molecule has 0 saturated carbocycles. The number of halogens is 1. The van der Waals surface area contributed by atoms with Gasteiger partial charge in [-0.05, 0) is 30.3 Å². The van der Waals surface area contributed by atoms with E-state index >= 15 is 0 Å². The molecule has 0 unspecified atom stereocenters. The molecule has 0 aliphatic heterocycles. The summed E-state index contributed by atoms with van der Waals surface area (Å²) in [7, 11) is 0. The van der Waals surface area contributed by atoms with E-state index in [1.165, 1.54) is 48.0 Å². The smallest absolute Gasteiger partial charge is 0.295 e. The van der Waals surface area contributed by atoms with Gasteiger partial charge in [-0.2, -0.15) is 0 Å². The summed E-state index contributed by atoms with van der Waals surface area (Å²) in [5, 5.41) is 7.35. The molecule has 0 radical (unpaired) electrons. The highest BCUT2D eigenvalue weighted by molar-refractivity contribution is 7.14. The Morgan fingerprint density at radius 1 is 1.14 bits per heavy atom. The van der Waals surface area contributed by atoms with Gasteiger partial charge in [-0.15, -0.1) is 11.3 Å². The average Bonchev–Trinajstić information content (AvgIpc) is 3.14. The van der Waals surface area contributed by atoms with Crippen molar-refractivity contribution in [3.05, 3.63) is 65.4 Å². The van der Waals surface area contributed by atoms with Crippen molar-refractivity contribution in [3.63, 3.8) is 0 Å². The minimum Gasteiger partial charge on any atom is -0.492 e. The van der Waals surface area contributed by atoms with E-state index in [1.807, 2.05) is 0 Å². The highest BCUT2D eigenvalue weighted by Crippen LogP contribution is 2.16. The fourth-order valence-electron chi connectivity index (χ4n) is 2.13. The van der Waals surface area contributed by atoms with E-state index in [2.05, 4.69) is 25.6 Å². The maximum atomic E-state index is 12.8. The zero-order chi connectivity index (χ0) is 19.8. The second-order valence-electron chi connectivity index (χ2n) is 5.50. The highest BCUT2D eigenvalue weighted by Gasteiger charge is 2.12. The minimum atomic E-state index is -0.469. The highest BCUT2D eigenvalue weighted by atomic mass is 32.1. The predicted octanol–water partition coefficient (Wildman–Crippen LogP) is 2.06. The summed E-state index contributed by atoms with van der Waals surface area (Å²) in [5.41, 5.74) is 0.534. The number of carbonyl (C=O) groups is 2. The van der Waals surface area contributed by atoms with Crippen LogP contribution in [0.25, 0.3) is 0 Å². The van der Waals surface area contributed by atoms with E-state index < -0.39 is 5.91 Å². The number of thiazole rings is 1. The zero-order valence-electron chi connectivity index (χ0n) is 14.6. The number of hydrogen-bond donors (Lipinski definition) is 2. The van der Waals surface area contributed by atoms with Gasteiger partial charge in [0.25, 0.3) is 5.91 Å². The lowest BCUT2D eigenvalue weighted by Crippen LogP contribution is -2.29. The number of carbonyl (C=O) groups excluding carboxylic acids is 2. The van der Waals surface area contributed by atoms with Crippen LogP contribution in [-0.2, 0) is 11.2 Å². The van der Waals surface area contributed by atoms with Gasteiger partial charge in [0.2, 0.25) is 11.7 Å². The molecular weight excluding hydrogens is 385 g/mol. The van der Waals surface area contributed by atoms with Gasteiger partial charge in [0.05, 0.1) is 18.7 Å². The molecule has 0 aliphatic rings. The van der Waals surface area contributed by atoms with Crippen molar-refractivity contribution in [2.45, 2.75) is 6.42 Å². The summed E-state index contributed by atoms with van der Waals surface area (Å²) in [4.78, 5) is 35.9. The van der Waals surface area contributed by atoms with Crippen molar-refractivity contribution in [1.82, 2.24) is 20.3 Å². The third-order valence-corrected chi connectivity index (χ3v) is 4.20. The Morgan fingerprint density at radius 3 is 2.64 bits per heavy atom. The number of benzene rings is 1. The Kier molecular flexibility index (Phi) is 6.58. The summed E-state index contributed by atoms with van der Waals surface area (Å²) in [6.45, 7) is 0.558. The van der Waals surface area contributed by atoms with Gasteiger partial charge in [0, 0.05) is 17.8 Å². The lowest BCUT2D eigenvalue weighted by Gasteiger charge is -2.07. The number of hydrogen-bond acceptors (Lipinski definition) is 7. The molecule has 2 heterocycles. The van der Waals surface area contributed by atoms with Crippen LogP contribution in [0.15, 0.2) is 48.1 Å². The van der Waals surface area contributed by atoms with Crippen molar-refractivity contribution < 1.29 is 18.7 Å². The largest absolute Gasteiger partial charge is 0.492 e. The molecule has 8 nitrogen and oxygen atoms in total. The maximum Gasteiger partial charge on any atom is 0.295 e. The molecule has 3 rings (SSSR count). The summed E-state index contributed by atoms with van der Waals surface area (Å²) in [6, 6.07) is 7.25. The van der Waals surface area contributed by atoms with Gasteiger partial charge < -0.3 is 10.1 Å². The molecule has 0 atom stereocenters. The molecule has 144 valence electrons. The topological polar surface area (TPSA) is 106 Å². The first-order valence-electron chi connectivity index (χ1n) is 8.28. The van der Waals surface area contributed by atoms with Crippen LogP contribution in [0.1, 0.15) is 16.3 Å². The van der Waals surface area contributed by atoms with Gasteiger partial charge in [-0.3, -0.25) is 14.9 Å². The van der Waals surface area contributed by atoms with Gasteiger partial charge >= 0.3 is 0 Å². The normalized spacial score (nSPS) is 10.3. The van der Waals surface area contributed by atoms with E-state index in [-0.39, 0.29) is 30.6 Å². The molecule has 2 amide bonds. The first kappa shape index (κ1) is 19.4. The second kappa shape index (κ2) is 9.51. The Labute approximate surface area is 163 Å². The molecule has 3 aromatic rings. The van der Waals surface area contributed by atoms with Crippen LogP contribution in [0.2, 0.25) is 0 Å². The van der Waals surface area contributed by atoms with Crippen LogP contribution in [0.5, 0.6) is 5.75 Å². The summed E-state index contributed by atoms with van der Waals surface area (Å²) in [6.07, 6.45) is 3.02. The van der Waals surface area contributed by atoms with Crippen LogP contribution in [0.3, 0.4) is 0 Å². The standard InChI is InChI=1S/C18H16FN5O3S/c19-12-2-4-14(5-3-12)27-9-8-20-15(25)10-13-11-28-18(23-13)24-17(26)16-21-6-1-7-22-16/h1-7,11H,8-10H2,(H,20,25)(H,23,24,26).